The van der Waals surface area contributed by atoms with Gasteiger partial charge in [-0.1, -0.05) is 13.3 Å². The Bertz CT molecular complexity index is 583. The van der Waals surface area contributed by atoms with Crippen molar-refractivity contribution in [1.82, 2.24) is 20.1 Å². The van der Waals surface area contributed by atoms with Crippen molar-refractivity contribution in [3.05, 3.63) is 5.82 Å². The Labute approximate surface area is 117 Å². The van der Waals surface area contributed by atoms with Crippen molar-refractivity contribution in [3.8, 4) is 0 Å². The summed E-state index contributed by atoms with van der Waals surface area (Å²) in [6, 6.07) is -0.287. The quantitative estimate of drug-likeness (QED) is 0.777. The van der Waals surface area contributed by atoms with Crippen LogP contribution in [0.5, 0.6) is 0 Å². The van der Waals surface area contributed by atoms with Crippen molar-refractivity contribution in [2.24, 2.45) is 0 Å². The van der Waals surface area contributed by atoms with E-state index in [1.807, 2.05) is 6.92 Å². The van der Waals surface area contributed by atoms with Gasteiger partial charge < -0.3 is 10.6 Å². The van der Waals surface area contributed by atoms with Gasteiger partial charge in [0.15, 0.2) is 9.84 Å². The minimum Gasteiger partial charge on any atom is -0.366 e. The van der Waals surface area contributed by atoms with Gasteiger partial charge in [0.25, 0.3) is 5.91 Å². The summed E-state index contributed by atoms with van der Waals surface area (Å²) in [5.74, 6) is -0.131. The van der Waals surface area contributed by atoms with E-state index >= 15 is 0 Å². The van der Waals surface area contributed by atoms with Gasteiger partial charge in [0.1, 0.15) is 0 Å². The molecule has 1 saturated heterocycles. The highest BCUT2D eigenvalue weighted by Gasteiger charge is 2.35. The molecule has 0 spiro atoms. The Kier molecular flexibility index (Phi) is 4.26. The predicted octanol–water partition coefficient (Wildman–Crippen LogP) is -0.184. The van der Waals surface area contributed by atoms with Crippen molar-refractivity contribution in [2.45, 2.75) is 32.2 Å². The minimum atomic E-state index is -3.04. The number of hydrogen-bond acceptors (Lipinski definition) is 6. The largest absolute Gasteiger partial charge is 0.366 e. The van der Waals surface area contributed by atoms with E-state index in [-0.39, 0.29) is 35.2 Å². The zero-order chi connectivity index (χ0) is 14.8. The number of nitrogen functional groups attached to an aromatic ring is 1. The lowest BCUT2D eigenvalue weighted by molar-refractivity contribution is 0.0682. The molecule has 9 heteroatoms. The third-order valence-electron chi connectivity index (χ3n) is 3.37. The number of unbranched alkanes of at least 4 members (excludes halogenated alkanes) is 1. The molecule has 0 aromatic carbocycles. The SMILES string of the molecule is CCCCN(C(=O)c1nc(N)n[nH]1)C1CCS(=O)(=O)C1. The van der Waals surface area contributed by atoms with Crippen LogP contribution in [-0.4, -0.2) is 58.5 Å². The number of carbonyl (C=O) groups excluding carboxylic acids is 1. The van der Waals surface area contributed by atoms with Crippen molar-refractivity contribution in [3.63, 3.8) is 0 Å². The van der Waals surface area contributed by atoms with Crippen molar-refractivity contribution < 1.29 is 13.2 Å². The first kappa shape index (κ1) is 14.8. The van der Waals surface area contributed by atoms with Gasteiger partial charge >= 0.3 is 0 Å². The van der Waals surface area contributed by atoms with E-state index in [0.29, 0.717) is 13.0 Å². The molecule has 0 bridgehead atoms. The maximum Gasteiger partial charge on any atom is 0.291 e. The van der Waals surface area contributed by atoms with Gasteiger partial charge in [0.2, 0.25) is 11.8 Å². The number of rotatable bonds is 5. The molecule has 1 atom stereocenters. The molecule has 20 heavy (non-hydrogen) atoms. The second-order valence-corrected chi connectivity index (χ2v) is 7.18. The van der Waals surface area contributed by atoms with Crippen LogP contribution in [0.2, 0.25) is 0 Å². The number of H-pyrrole nitrogens is 1. The Morgan fingerprint density at radius 2 is 2.30 bits per heavy atom. The smallest absolute Gasteiger partial charge is 0.291 e. The molecule has 1 aromatic rings. The van der Waals surface area contributed by atoms with Gasteiger partial charge in [-0.2, -0.15) is 4.98 Å². The molecule has 1 unspecified atom stereocenters. The predicted molar refractivity (Wildman–Crippen MR) is 73.8 cm³/mol. The molecule has 1 amide bonds. The van der Waals surface area contributed by atoms with Gasteiger partial charge in [-0.15, -0.1) is 5.10 Å². The van der Waals surface area contributed by atoms with Crippen LogP contribution < -0.4 is 5.73 Å². The summed E-state index contributed by atoms with van der Waals surface area (Å²) >= 11 is 0. The van der Waals surface area contributed by atoms with Gasteiger partial charge in [0.05, 0.1) is 11.5 Å². The molecule has 3 N–H and O–H groups in total. The van der Waals surface area contributed by atoms with Gasteiger partial charge in [0, 0.05) is 12.6 Å². The highest BCUT2D eigenvalue weighted by Crippen LogP contribution is 2.20. The van der Waals surface area contributed by atoms with Crippen molar-refractivity contribution in [1.29, 1.82) is 0 Å². The number of nitrogens with one attached hydrogen (secondary N) is 1. The Morgan fingerprint density at radius 3 is 2.80 bits per heavy atom. The van der Waals surface area contributed by atoms with E-state index < -0.39 is 9.84 Å². The average Bonchev–Trinajstić information content (AvgIpc) is 2.96. The van der Waals surface area contributed by atoms with Crippen LogP contribution in [-0.2, 0) is 9.84 Å². The maximum atomic E-state index is 12.4. The molecule has 1 aliphatic rings. The summed E-state index contributed by atoms with van der Waals surface area (Å²) in [7, 11) is -3.04. The van der Waals surface area contributed by atoms with E-state index in [4.69, 9.17) is 5.73 Å². The monoisotopic (exact) mass is 301 g/mol. The molecule has 0 aliphatic carbocycles. The molecule has 8 nitrogen and oxygen atoms in total. The van der Waals surface area contributed by atoms with E-state index in [1.54, 1.807) is 4.90 Å². The van der Waals surface area contributed by atoms with Gasteiger partial charge in [-0.05, 0) is 12.8 Å². The van der Waals surface area contributed by atoms with Crippen LogP contribution >= 0.6 is 0 Å². The number of amides is 1. The molecular formula is C11H19N5O3S. The summed E-state index contributed by atoms with van der Waals surface area (Å²) in [5, 5.41) is 6.11. The topological polar surface area (TPSA) is 122 Å². The Balaban J connectivity index is 2.17. The van der Waals surface area contributed by atoms with Gasteiger partial charge in [-0.25, -0.2) is 8.42 Å². The first-order chi connectivity index (χ1) is 9.43. The number of aromatic amines is 1. The summed E-state index contributed by atoms with van der Waals surface area (Å²) < 4.78 is 23.2. The average molecular weight is 301 g/mol. The van der Waals surface area contributed by atoms with Crippen LogP contribution in [0.1, 0.15) is 36.8 Å². The molecule has 0 radical (unpaired) electrons. The fraction of sp³-hybridized carbons (Fsp3) is 0.727. The Morgan fingerprint density at radius 1 is 1.55 bits per heavy atom. The number of nitrogens with zero attached hydrogens (tertiary/aromatic N) is 3. The van der Waals surface area contributed by atoms with Crippen LogP contribution in [0.15, 0.2) is 0 Å². The number of carbonyl (C=O) groups is 1. The number of nitrogens with two attached hydrogens (primary N) is 1. The molecule has 1 aliphatic heterocycles. The number of sulfone groups is 1. The highest BCUT2D eigenvalue weighted by molar-refractivity contribution is 7.91. The first-order valence-corrected chi connectivity index (χ1v) is 8.44. The van der Waals surface area contributed by atoms with E-state index in [0.717, 1.165) is 12.8 Å². The van der Waals surface area contributed by atoms with Crippen LogP contribution in [0.4, 0.5) is 5.95 Å². The maximum absolute atomic E-state index is 12.4. The number of anilines is 1. The highest BCUT2D eigenvalue weighted by atomic mass is 32.2. The summed E-state index contributed by atoms with van der Waals surface area (Å²) in [4.78, 5) is 17.8. The van der Waals surface area contributed by atoms with Crippen LogP contribution in [0.25, 0.3) is 0 Å². The molecule has 2 rings (SSSR count). The fourth-order valence-electron chi connectivity index (χ4n) is 2.31. The van der Waals surface area contributed by atoms with Gasteiger partial charge in [-0.3, -0.25) is 9.89 Å². The molecule has 0 saturated carbocycles. The molecular weight excluding hydrogens is 282 g/mol. The molecule has 2 heterocycles. The lowest BCUT2D eigenvalue weighted by Gasteiger charge is -2.27. The standard InChI is InChI=1S/C11H19N5O3S/c1-2-3-5-16(8-4-6-20(18,19)7-8)10(17)9-13-11(12)15-14-9/h8H,2-7H2,1H3,(H3,12,13,14,15). The lowest BCUT2D eigenvalue weighted by Crippen LogP contribution is -2.42. The zero-order valence-corrected chi connectivity index (χ0v) is 12.2. The summed E-state index contributed by atoms with van der Waals surface area (Å²) in [6.45, 7) is 2.52. The second kappa shape index (κ2) is 5.78. The van der Waals surface area contributed by atoms with E-state index in [9.17, 15) is 13.2 Å². The molecule has 1 fully saturated rings. The van der Waals surface area contributed by atoms with Crippen LogP contribution in [0, 0.1) is 0 Å². The third kappa shape index (κ3) is 3.27. The van der Waals surface area contributed by atoms with E-state index in [1.165, 1.54) is 0 Å². The van der Waals surface area contributed by atoms with Crippen molar-refractivity contribution in [2.75, 3.05) is 23.8 Å². The lowest BCUT2D eigenvalue weighted by atomic mass is 10.2. The summed E-state index contributed by atoms with van der Waals surface area (Å²) in [5.41, 5.74) is 5.39. The Hall–Kier alpha value is -1.64. The number of hydrogen-bond donors (Lipinski definition) is 2. The van der Waals surface area contributed by atoms with E-state index in [2.05, 4.69) is 15.2 Å². The third-order valence-corrected chi connectivity index (χ3v) is 5.12. The first-order valence-electron chi connectivity index (χ1n) is 6.62. The second-order valence-electron chi connectivity index (χ2n) is 4.95. The molecule has 112 valence electrons. The van der Waals surface area contributed by atoms with Crippen LogP contribution in [0.3, 0.4) is 0 Å². The van der Waals surface area contributed by atoms with Crippen molar-refractivity contribution >= 4 is 21.7 Å². The zero-order valence-electron chi connectivity index (χ0n) is 11.4. The molecule has 1 aromatic heterocycles. The normalized spacial score (nSPS) is 20.9. The minimum absolute atomic E-state index is 0.00262. The fourth-order valence-corrected chi connectivity index (χ4v) is 4.04. The summed E-state index contributed by atoms with van der Waals surface area (Å²) in [6.07, 6.45) is 2.20. The number of aromatic nitrogens is 3.